The van der Waals surface area contributed by atoms with E-state index in [9.17, 15) is 0 Å². The molecule has 172 valence electrons. The Bertz CT molecular complexity index is 1260. The molecule has 1 nitrogen and oxygen atoms in total. The summed E-state index contributed by atoms with van der Waals surface area (Å²) in [6.45, 7) is -3.34. The van der Waals surface area contributed by atoms with Crippen LogP contribution in [0, 0.1) is 0 Å². The van der Waals surface area contributed by atoms with E-state index < -0.39 is 12.4 Å². The monoisotopic (exact) mass is 472 g/mol. The Kier molecular flexibility index (Phi) is 5.41. The van der Waals surface area contributed by atoms with Gasteiger partial charge in [-0.3, -0.25) is 0 Å². The van der Waals surface area contributed by atoms with Crippen LogP contribution in [0.5, 0.6) is 0 Å². The van der Waals surface area contributed by atoms with Crippen molar-refractivity contribution >= 4 is 22.7 Å². The predicted molar refractivity (Wildman–Crippen MR) is 149 cm³/mol. The summed E-state index contributed by atoms with van der Waals surface area (Å²) in [7, 11) is 0. The van der Waals surface area contributed by atoms with Gasteiger partial charge in [0.2, 0.25) is 0 Å². The van der Waals surface area contributed by atoms with E-state index in [2.05, 4.69) is 152 Å². The molecule has 35 heavy (non-hydrogen) atoms. The molecule has 1 saturated heterocycles. The fraction of sp³-hybridized carbons (Fsp3) is 0.0909. The van der Waals surface area contributed by atoms with Crippen LogP contribution < -0.4 is 15.9 Å². The molecule has 1 aliphatic heterocycles. The molecule has 1 aliphatic rings. The van der Waals surface area contributed by atoms with Crippen LogP contribution in [0.4, 0.5) is 0 Å². The first-order valence-corrected chi connectivity index (χ1v) is 14.6. The van der Waals surface area contributed by atoms with Crippen molar-refractivity contribution in [3.05, 3.63) is 163 Å². The molecule has 0 N–H and O–H groups in total. The maximum atomic E-state index is 7.99. The molecule has 0 spiro atoms. The second kappa shape index (κ2) is 8.61. The summed E-state index contributed by atoms with van der Waals surface area (Å²) in [6, 6.07) is 54.5. The van der Waals surface area contributed by atoms with E-state index >= 15 is 0 Å². The molecular formula is C33H29OP. The summed E-state index contributed by atoms with van der Waals surface area (Å²) < 4.78 is 7.99. The molecule has 0 amide bonds. The van der Waals surface area contributed by atoms with Gasteiger partial charge in [-0.05, 0) is 0 Å². The average molecular weight is 473 g/mol. The summed E-state index contributed by atoms with van der Waals surface area (Å²) in [5.41, 5.74) is 1.86. The Balaban J connectivity index is 1.74. The van der Waals surface area contributed by atoms with Crippen LogP contribution >= 0.6 is 6.83 Å². The van der Waals surface area contributed by atoms with Gasteiger partial charge >= 0.3 is 208 Å². The number of hydrogen-bond donors (Lipinski definition) is 0. The molecule has 0 aromatic heterocycles. The Morgan fingerprint density at radius 2 is 0.743 bits per heavy atom. The summed E-state index contributed by atoms with van der Waals surface area (Å²) in [5.74, 6) is 0. The first-order valence-electron chi connectivity index (χ1n) is 12.3. The van der Waals surface area contributed by atoms with Gasteiger partial charge in [-0.25, -0.2) is 0 Å². The van der Waals surface area contributed by atoms with Gasteiger partial charge in [-0.1, -0.05) is 0 Å². The number of benzene rings is 5. The maximum absolute atomic E-state index is 7.99. The third-order valence-electron chi connectivity index (χ3n) is 7.64. The summed E-state index contributed by atoms with van der Waals surface area (Å²) in [5, 5.41) is 3.85. The molecule has 5 aromatic rings. The van der Waals surface area contributed by atoms with E-state index in [4.69, 9.17) is 4.52 Å². The Labute approximate surface area is 208 Å². The molecule has 6 rings (SSSR count). The quantitative estimate of drug-likeness (QED) is 0.256. The van der Waals surface area contributed by atoms with E-state index in [1.165, 1.54) is 27.0 Å². The van der Waals surface area contributed by atoms with Gasteiger partial charge in [-0.15, -0.1) is 0 Å². The first-order chi connectivity index (χ1) is 17.3. The SMILES string of the molecule is c1ccc(C2(c3ccccc3)CCP(c3ccccc3)(c3ccccc3)(c3ccccc3)O2)cc1. The molecule has 0 atom stereocenters. The third-order valence-corrected chi connectivity index (χ3v) is 13.6. The van der Waals surface area contributed by atoms with Crippen LogP contribution in [-0.2, 0) is 10.1 Å². The molecule has 2 heteroatoms. The molecule has 0 aliphatic carbocycles. The topological polar surface area (TPSA) is 9.23 Å². The standard InChI is InChI=1S/C33H29OP/c1-6-16-28(17-7-1)33(29-18-8-2-9-19-29)26-27-35(34-33,30-20-10-3-11-21-30,31-22-12-4-13-23-31)32-24-14-5-15-25-32/h1-25H,26-27H2. The summed E-state index contributed by atoms with van der Waals surface area (Å²) in [6.07, 6.45) is 1.84. The van der Waals surface area contributed by atoms with E-state index in [0.717, 1.165) is 12.6 Å². The average Bonchev–Trinajstić information content (AvgIpc) is 3.36. The van der Waals surface area contributed by atoms with Crippen LogP contribution in [0.3, 0.4) is 0 Å². The van der Waals surface area contributed by atoms with Crippen molar-refractivity contribution in [1.82, 2.24) is 0 Å². The number of hydrogen-bond acceptors (Lipinski definition) is 1. The number of rotatable bonds is 5. The van der Waals surface area contributed by atoms with E-state index in [0.29, 0.717) is 0 Å². The van der Waals surface area contributed by atoms with Gasteiger partial charge in [0.1, 0.15) is 0 Å². The second-order valence-electron chi connectivity index (χ2n) is 9.34. The minimum atomic E-state index is -3.34. The van der Waals surface area contributed by atoms with Gasteiger partial charge < -0.3 is 0 Å². The molecule has 1 heterocycles. The van der Waals surface area contributed by atoms with Crippen molar-refractivity contribution in [3.63, 3.8) is 0 Å². The molecule has 0 unspecified atom stereocenters. The Morgan fingerprint density at radius 1 is 0.429 bits per heavy atom. The molecule has 0 saturated carbocycles. The van der Waals surface area contributed by atoms with Crippen molar-refractivity contribution < 1.29 is 4.52 Å². The van der Waals surface area contributed by atoms with Crippen LogP contribution in [0.2, 0.25) is 0 Å². The minimum absolute atomic E-state index is 0.554. The van der Waals surface area contributed by atoms with Crippen molar-refractivity contribution in [1.29, 1.82) is 0 Å². The zero-order valence-electron chi connectivity index (χ0n) is 19.7. The molecular weight excluding hydrogens is 443 g/mol. The van der Waals surface area contributed by atoms with Crippen molar-refractivity contribution in [2.45, 2.75) is 12.0 Å². The van der Waals surface area contributed by atoms with Crippen LogP contribution in [0.15, 0.2) is 152 Å². The van der Waals surface area contributed by atoms with Crippen molar-refractivity contribution in [3.8, 4) is 0 Å². The van der Waals surface area contributed by atoms with E-state index in [1.807, 2.05) is 0 Å². The van der Waals surface area contributed by atoms with Gasteiger partial charge in [-0.2, -0.15) is 0 Å². The molecule has 5 aromatic carbocycles. The fourth-order valence-corrected chi connectivity index (χ4v) is 12.2. The Hall–Kier alpha value is -3.51. The third kappa shape index (κ3) is 3.23. The summed E-state index contributed by atoms with van der Waals surface area (Å²) in [4.78, 5) is 0. The van der Waals surface area contributed by atoms with Gasteiger partial charge in [0.15, 0.2) is 0 Å². The zero-order chi connectivity index (χ0) is 23.6. The van der Waals surface area contributed by atoms with Crippen LogP contribution in [0.25, 0.3) is 0 Å². The van der Waals surface area contributed by atoms with Gasteiger partial charge in [0.05, 0.1) is 0 Å². The normalized spacial score (nSPS) is 18.8. The predicted octanol–water partition coefficient (Wildman–Crippen LogP) is 6.80. The molecule has 1 fully saturated rings. The van der Waals surface area contributed by atoms with Gasteiger partial charge in [0, 0.05) is 0 Å². The van der Waals surface area contributed by atoms with E-state index in [1.54, 1.807) is 0 Å². The van der Waals surface area contributed by atoms with E-state index in [-0.39, 0.29) is 0 Å². The summed E-state index contributed by atoms with van der Waals surface area (Å²) >= 11 is 0. The van der Waals surface area contributed by atoms with Crippen LogP contribution in [0.1, 0.15) is 17.5 Å². The Morgan fingerprint density at radius 3 is 1.09 bits per heavy atom. The van der Waals surface area contributed by atoms with Crippen LogP contribution in [-0.4, -0.2) is 6.16 Å². The van der Waals surface area contributed by atoms with Gasteiger partial charge in [0.25, 0.3) is 0 Å². The second-order valence-corrected chi connectivity index (χ2v) is 13.9. The van der Waals surface area contributed by atoms with Crippen molar-refractivity contribution in [2.24, 2.45) is 0 Å². The fourth-order valence-electron chi connectivity index (χ4n) is 6.00. The molecule has 0 bridgehead atoms. The van der Waals surface area contributed by atoms with Crippen molar-refractivity contribution in [2.75, 3.05) is 6.16 Å². The first kappa shape index (κ1) is 22.0. The molecule has 0 radical (unpaired) electrons. The zero-order valence-corrected chi connectivity index (χ0v) is 20.6.